The Labute approximate surface area is 110 Å². The highest BCUT2D eigenvalue weighted by atomic mass is 32.2. The molecule has 1 atom stereocenters. The fourth-order valence-electron chi connectivity index (χ4n) is 1.73. The number of nitrogens with one attached hydrogen (secondary N) is 1. The van der Waals surface area contributed by atoms with Gasteiger partial charge in [0.1, 0.15) is 9.84 Å². The van der Waals surface area contributed by atoms with Gasteiger partial charge in [-0.15, -0.1) is 0 Å². The van der Waals surface area contributed by atoms with Gasteiger partial charge < -0.3 is 11.1 Å². The number of carbonyl (C=O) groups excluding carboxylic acids is 1. The van der Waals surface area contributed by atoms with E-state index < -0.39 is 9.84 Å². The van der Waals surface area contributed by atoms with E-state index in [9.17, 15) is 13.2 Å². The molecular formula is C12H26N2O3S. The molecule has 0 bridgehead atoms. The van der Waals surface area contributed by atoms with E-state index in [1.165, 1.54) is 6.26 Å². The van der Waals surface area contributed by atoms with E-state index in [2.05, 4.69) is 26.1 Å². The molecule has 5 nitrogen and oxygen atoms in total. The summed E-state index contributed by atoms with van der Waals surface area (Å²) in [6.45, 7) is 6.62. The van der Waals surface area contributed by atoms with Crippen molar-refractivity contribution in [3.05, 3.63) is 0 Å². The van der Waals surface area contributed by atoms with Gasteiger partial charge in [-0.3, -0.25) is 4.79 Å². The van der Waals surface area contributed by atoms with Crippen molar-refractivity contribution in [3.63, 3.8) is 0 Å². The molecule has 0 radical (unpaired) electrons. The van der Waals surface area contributed by atoms with Gasteiger partial charge in [-0.05, 0) is 18.3 Å². The molecular weight excluding hydrogens is 252 g/mol. The van der Waals surface area contributed by atoms with Crippen molar-refractivity contribution in [2.75, 3.05) is 18.6 Å². The summed E-state index contributed by atoms with van der Waals surface area (Å²) < 4.78 is 21.8. The average Bonchev–Trinajstić information content (AvgIpc) is 2.07. The number of nitrogens with two attached hydrogens (primary N) is 1. The molecule has 3 N–H and O–H groups in total. The maximum atomic E-state index is 11.5. The lowest BCUT2D eigenvalue weighted by Gasteiger charge is -2.22. The van der Waals surface area contributed by atoms with Gasteiger partial charge >= 0.3 is 0 Å². The summed E-state index contributed by atoms with van der Waals surface area (Å²) in [5.74, 6) is -0.0123. The third kappa shape index (κ3) is 11.9. The topological polar surface area (TPSA) is 89.3 Å². The van der Waals surface area contributed by atoms with Crippen LogP contribution >= 0.6 is 0 Å². The standard InChI is InChI=1S/C12H26N2O3S/c1-12(2,3)9-10(13)8-11(15)14-6-5-7-18(4,16)17/h10H,5-9,13H2,1-4H3,(H,14,15). The van der Waals surface area contributed by atoms with Crippen molar-refractivity contribution in [2.45, 2.75) is 46.1 Å². The minimum Gasteiger partial charge on any atom is -0.356 e. The normalized spacial score (nSPS) is 14.3. The molecule has 0 aromatic heterocycles. The zero-order valence-electron chi connectivity index (χ0n) is 11.8. The van der Waals surface area contributed by atoms with E-state index in [-0.39, 0.29) is 29.5 Å². The Balaban J connectivity index is 3.78. The molecule has 0 aliphatic rings. The zero-order valence-corrected chi connectivity index (χ0v) is 12.6. The number of sulfone groups is 1. The molecule has 0 spiro atoms. The first-order valence-electron chi connectivity index (χ1n) is 6.19. The first-order valence-corrected chi connectivity index (χ1v) is 8.26. The Bertz CT molecular complexity index is 358. The first-order chi connectivity index (χ1) is 7.99. The summed E-state index contributed by atoms with van der Waals surface area (Å²) in [7, 11) is -2.95. The van der Waals surface area contributed by atoms with E-state index >= 15 is 0 Å². The lowest BCUT2D eigenvalue weighted by molar-refractivity contribution is -0.121. The molecule has 108 valence electrons. The predicted octanol–water partition coefficient (Wildman–Crippen LogP) is 0.691. The minimum atomic E-state index is -2.95. The predicted molar refractivity (Wildman–Crippen MR) is 74.0 cm³/mol. The van der Waals surface area contributed by atoms with Crippen LogP contribution in [0.5, 0.6) is 0 Å². The minimum absolute atomic E-state index is 0.0985. The van der Waals surface area contributed by atoms with Gasteiger partial charge in [0.05, 0.1) is 5.75 Å². The maximum absolute atomic E-state index is 11.5. The van der Waals surface area contributed by atoms with Crippen LogP contribution in [0.15, 0.2) is 0 Å². The molecule has 1 unspecified atom stereocenters. The van der Waals surface area contributed by atoms with Crippen molar-refractivity contribution < 1.29 is 13.2 Å². The Kier molecular flexibility index (Phi) is 6.84. The number of hydrogen-bond acceptors (Lipinski definition) is 4. The third-order valence-corrected chi connectivity index (χ3v) is 3.37. The molecule has 0 saturated carbocycles. The molecule has 18 heavy (non-hydrogen) atoms. The lowest BCUT2D eigenvalue weighted by atomic mass is 9.87. The van der Waals surface area contributed by atoms with Crippen LogP contribution in [0.2, 0.25) is 0 Å². The molecule has 1 amide bonds. The number of carbonyl (C=O) groups is 1. The Morgan fingerprint density at radius 1 is 1.33 bits per heavy atom. The highest BCUT2D eigenvalue weighted by molar-refractivity contribution is 7.90. The van der Waals surface area contributed by atoms with Crippen molar-refractivity contribution in [3.8, 4) is 0 Å². The van der Waals surface area contributed by atoms with Gasteiger partial charge in [0.25, 0.3) is 0 Å². The van der Waals surface area contributed by atoms with E-state index in [4.69, 9.17) is 5.73 Å². The second-order valence-corrected chi connectivity index (χ2v) is 8.32. The van der Waals surface area contributed by atoms with Crippen molar-refractivity contribution >= 4 is 15.7 Å². The maximum Gasteiger partial charge on any atom is 0.221 e. The molecule has 0 fully saturated rings. The van der Waals surface area contributed by atoms with Gasteiger partial charge in [-0.1, -0.05) is 20.8 Å². The zero-order chi connectivity index (χ0) is 14.4. The number of amides is 1. The van der Waals surface area contributed by atoms with Gasteiger partial charge in [-0.25, -0.2) is 8.42 Å². The summed E-state index contributed by atoms with van der Waals surface area (Å²) >= 11 is 0. The summed E-state index contributed by atoms with van der Waals surface area (Å²) in [5.41, 5.74) is 5.98. The van der Waals surface area contributed by atoms with Crippen LogP contribution in [0.4, 0.5) is 0 Å². The molecule has 0 rings (SSSR count). The second-order valence-electron chi connectivity index (χ2n) is 6.06. The lowest BCUT2D eigenvalue weighted by Crippen LogP contribution is -2.34. The van der Waals surface area contributed by atoms with E-state index in [0.29, 0.717) is 13.0 Å². The molecule has 0 aromatic carbocycles. The first kappa shape index (κ1) is 17.4. The molecule has 0 aliphatic carbocycles. The van der Waals surface area contributed by atoms with Gasteiger partial charge in [-0.2, -0.15) is 0 Å². The fourth-order valence-corrected chi connectivity index (χ4v) is 2.40. The second kappa shape index (κ2) is 7.09. The molecule has 0 heterocycles. The van der Waals surface area contributed by atoms with Crippen LogP contribution in [0.25, 0.3) is 0 Å². The molecule has 0 saturated heterocycles. The van der Waals surface area contributed by atoms with Crippen molar-refractivity contribution in [1.82, 2.24) is 5.32 Å². The highest BCUT2D eigenvalue weighted by Gasteiger charge is 2.17. The van der Waals surface area contributed by atoms with Crippen LogP contribution in [0, 0.1) is 5.41 Å². The van der Waals surface area contributed by atoms with Crippen molar-refractivity contribution in [1.29, 1.82) is 0 Å². The van der Waals surface area contributed by atoms with Crippen LogP contribution in [-0.2, 0) is 14.6 Å². The van der Waals surface area contributed by atoms with Crippen molar-refractivity contribution in [2.24, 2.45) is 11.1 Å². The van der Waals surface area contributed by atoms with E-state index in [1.54, 1.807) is 0 Å². The van der Waals surface area contributed by atoms with Crippen LogP contribution in [0.1, 0.15) is 40.0 Å². The highest BCUT2D eigenvalue weighted by Crippen LogP contribution is 2.20. The molecule has 0 aromatic rings. The van der Waals surface area contributed by atoms with Crippen LogP contribution in [0.3, 0.4) is 0 Å². The Morgan fingerprint density at radius 2 is 1.89 bits per heavy atom. The van der Waals surface area contributed by atoms with E-state index in [0.717, 1.165) is 6.42 Å². The van der Waals surface area contributed by atoms with Gasteiger partial charge in [0.15, 0.2) is 0 Å². The average molecular weight is 278 g/mol. The quantitative estimate of drug-likeness (QED) is 0.671. The number of hydrogen-bond donors (Lipinski definition) is 2. The SMILES string of the molecule is CC(C)(C)CC(N)CC(=O)NCCCS(C)(=O)=O. The van der Waals surface area contributed by atoms with Crippen LogP contribution in [-0.4, -0.2) is 38.9 Å². The summed E-state index contributed by atoms with van der Waals surface area (Å²) in [6, 6.07) is -0.153. The molecule has 0 aliphatic heterocycles. The van der Waals surface area contributed by atoms with E-state index in [1.807, 2.05) is 0 Å². The monoisotopic (exact) mass is 278 g/mol. The number of rotatable bonds is 7. The third-order valence-electron chi connectivity index (χ3n) is 2.34. The summed E-state index contributed by atoms with van der Waals surface area (Å²) in [6.07, 6.45) is 2.70. The van der Waals surface area contributed by atoms with Gasteiger partial charge in [0, 0.05) is 25.3 Å². The summed E-state index contributed by atoms with van der Waals surface area (Å²) in [4.78, 5) is 11.5. The smallest absolute Gasteiger partial charge is 0.221 e. The van der Waals surface area contributed by atoms with Crippen LogP contribution < -0.4 is 11.1 Å². The van der Waals surface area contributed by atoms with Gasteiger partial charge in [0.2, 0.25) is 5.91 Å². The largest absolute Gasteiger partial charge is 0.356 e. The summed E-state index contributed by atoms with van der Waals surface area (Å²) in [5, 5.41) is 2.69. The Hall–Kier alpha value is -0.620. The molecule has 6 heteroatoms. The fraction of sp³-hybridized carbons (Fsp3) is 0.917. The Morgan fingerprint density at radius 3 is 2.33 bits per heavy atom.